The lowest BCUT2D eigenvalue weighted by atomic mass is 9.90. The Morgan fingerprint density at radius 1 is 1.33 bits per heavy atom. The Hall–Kier alpha value is -0.450. The summed E-state index contributed by atoms with van der Waals surface area (Å²) in [6.45, 7) is 14.7. The highest BCUT2D eigenvalue weighted by atomic mass is 32.1. The fourth-order valence-electron chi connectivity index (χ4n) is 3.18. The maximum atomic E-state index is 4.67. The van der Waals surface area contributed by atoms with Crippen molar-refractivity contribution in [1.29, 1.82) is 0 Å². The van der Waals surface area contributed by atoms with Crippen molar-refractivity contribution < 1.29 is 0 Å². The van der Waals surface area contributed by atoms with E-state index < -0.39 is 0 Å². The molecule has 0 amide bonds. The molecule has 1 aromatic rings. The minimum absolute atomic E-state index is 0.622. The monoisotopic (exact) mass is 309 g/mol. The zero-order valence-corrected chi connectivity index (χ0v) is 15.0. The molecule has 0 spiro atoms. The third-order valence-electron chi connectivity index (χ3n) is 5.13. The number of thiazole rings is 1. The van der Waals surface area contributed by atoms with Gasteiger partial charge >= 0.3 is 0 Å². The Bertz CT molecular complexity index is 431. The van der Waals surface area contributed by atoms with Crippen molar-refractivity contribution in [2.45, 2.75) is 66.1 Å². The van der Waals surface area contributed by atoms with E-state index in [1.54, 1.807) is 11.3 Å². The van der Waals surface area contributed by atoms with E-state index in [9.17, 15) is 0 Å². The van der Waals surface area contributed by atoms with Crippen LogP contribution >= 0.6 is 11.3 Å². The molecule has 1 aromatic heterocycles. The number of nitrogens with one attached hydrogen (secondary N) is 1. The Labute approximate surface area is 134 Å². The minimum atomic E-state index is 0.622. The van der Waals surface area contributed by atoms with E-state index in [0.717, 1.165) is 37.2 Å². The lowest BCUT2D eigenvalue weighted by Crippen LogP contribution is -2.59. The van der Waals surface area contributed by atoms with Crippen LogP contribution in [-0.4, -0.2) is 35.1 Å². The van der Waals surface area contributed by atoms with E-state index in [-0.39, 0.29) is 0 Å². The van der Waals surface area contributed by atoms with E-state index in [1.165, 1.54) is 17.8 Å². The molecule has 1 saturated heterocycles. The first-order chi connectivity index (χ1) is 10.0. The van der Waals surface area contributed by atoms with E-state index in [4.69, 9.17) is 0 Å². The molecule has 1 aliphatic heterocycles. The molecule has 4 atom stereocenters. The van der Waals surface area contributed by atoms with Crippen molar-refractivity contribution in [1.82, 2.24) is 15.2 Å². The third-order valence-corrected chi connectivity index (χ3v) is 6.08. The second-order valence-corrected chi connectivity index (χ2v) is 7.61. The molecule has 3 nitrogen and oxygen atoms in total. The van der Waals surface area contributed by atoms with Gasteiger partial charge in [-0.05, 0) is 18.8 Å². The van der Waals surface area contributed by atoms with Gasteiger partial charge < -0.3 is 5.32 Å². The number of nitrogens with zero attached hydrogens (tertiary/aromatic N) is 2. The summed E-state index contributed by atoms with van der Waals surface area (Å²) in [6, 6.07) is 1.26. The Morgan fingerprint density at radius 3 is 2.62 bits per heavy atom. The van der Waals surface area contributed by atoms with Crippen LogP contribution in [0.1, 0.15) is 51.2 Å². The molecule has 4 unspecified atom stereocenters. The van der Waals surface area contributed by atoms with Gasteiger partial charge in [-0.15, -0.1) is 11.3 Å². The molecule has 21 heavy (non-hydrogen) atoms. The topological polar surface area (TPSA) is 28.2 Å². The van der Waals surface area contributed by atoms with E-state index in [2.05, 4.69) is 55.2 Å². The van der Waals surface area contributed by atoms with Crippen molar-refractivity contribution in [3.8, 4) is 0 Å². The average Bonchev–Trinajstić information content (AvgIpc) is 2.90. The molecule has 2 rings (SSSR count). The molecule has 2 heterocycles. The Morgan fingerprint density at radius 2 is 2.05 bits per heavy atom. The molecule has 0 radical (unpaired) electrons. The maximum absolute atomic E-state index is 4.67. The van der Waals surface area contributed by atoms with Crippen molar-refractivity contribution in [3.05, 3.63) is 16.1 Å². The number of piperazine rings is 1. The summed E-state index contributed by atoms with van der Waals surface area (Å²) in [6.07, 6.45) is 2.49. The van der Waals surface area contributed by atoms with Gasteiger partial charge in [0.15, 0.2) is 0 Å². The van der Waals surface area contributed by atoms with Crippen molar-refractivity contribution in [2.75, 3.05) is 13.1 Å². The van der Waals surface area contributed by atoms with Crippen LogP contribution in [0.25, 0.3) is 0 Å². The number of hydrogen-bond donors (Lipinski definition) is 1. The Balaban J connectivity index is 2.08. The van der Waals surface area contributed by atoms with Gasteiger partial charge in [-0.3, -0.25) is 4.90 Å². The van der Waals surface area contributed by atoms with Crippen LogP contribution in [0.15, 0.2) is 5.38 Å². The van der Waals surface area contributed by atoms with E-state index in [1.807, 2.05) is 0 Å². The largest absolute Gasteiger partial charge is 0.311 e. The summed E-state index contributed by atoms with van der Waals surface area (Å²) in [4.78, 5) is 7.35. The highest BCUT2D eigenvalue weighted by molar-refractivity contribution is 7.09. The summed E-state index contributed by atoms with van der Waals surface area (Å²) < 4.78 is 0. The SMILES string of the molecule is CCC(C)C1CN(Cc2nc(C)cs2)C(C(C)CC)CN1. The highest BCUT2D eigenvalue weighted by Crippen LogP contribution is 2.24. The lowest BCUT2D eigenvalue weighted by molar-refractivity contribution is 0.0692. The first-order valence-electron chi connectivity index (χ1n) is 8.43. The van der Waals surface area contributed by atoms with Gasteiger partial charge in [0, 0.05) is 36.2 Å². The van der Waals surface area contributed by atoms with E-state index in [0.29, 0.717) is 12.1 Å². The first kappa shape index (κ1) is 16.9. The van der Waals surface area contributed by atoms with Gasteiger partial charge in [-0.25, -0.2) is 4.98 Å². The number of aryl methyl sites for hydroxylation is 1. The molecule has 1 N–H and O–H groups in total. The fraction of sp³-hybridized carbons (Fsp3) is 0.824. The predicted octanol–water partition coefficient (Wildman–Crippen LogP) is 3.69. The van der Waals surface area contributed by atoms with Crippen LogP contribution < -0.4 is 5.32 Å². The number of hydrogen-bond acceptors (Lipinski definition) is 4. The molecular formula is C17H31N3S. The summed E-state index contributed by atoms with van der Waals surface area (Å²) >= 11 is 1.81. The van der Waals surface area contributed by atoms with Crippen LogP contribution in [0.4, 0.5) is 0 Å². The molecule has 0 aliphatic carbocycles. The van der Waals surface area contributed by atoms with Crippen molar-refractivity contribution in [3.63, 3.8) is 0 Å². The predicted molar refractivity (Wildman–Crippen MR) is 91.7 cm³/mol. The van der Waals surface area contributed by atoms with Crippen LogP contribution in [0, 0.1) is 18.8 Å². The van der Waals surface area contributed by atoms with E-state index >= 15 is 0 Å². The van der Waals surface area contributed by atoms with Gasteiger partial charge in [0.2, 0.25) is 0 Å². The van der Waals surface area contributed by atoms with Crippen LogP contribution in [0.2, 0.25) is 0 Å². The van der Waals surface area contributed by atoms with Gasteiger partial charge in [0.25, 0.3) is 0 Å². The fourth-order valence-corrected chi connectivity index (χ4v) is 3.98. The van der Waals surface area contributed by atoms with Crippen LogP contribution in [0.3, 0.4) is 0 Å². The minimum Gasteiger partial charge on any atom is -0.311 e. The quantitative estimate of drug-likeness (QED) is 0.869. The van der Waals surface area contributed by atoms with Gasteiger partial charge in [-0.1, -0.05) is 40.5 Å². The second kappa shape index (κ2) is 7.70. The molecule has 1 fully saturated rings. The lowest BCUT2D eigenvalue weighted by Gasteiger charge is -2.44. The molecule has 1 aliphatic rings. The summed E-state index contributed by atoms with van der Waals surface area (Å²) in [5.74, 6) is 1.47. The van der Waals surface area contributed by atoms with Crippen molar-refractivity contribution in [2.24, 2.45) is 11.8 Å². The highest BCUT2D eigenvalue weighted by Gasteiger charge is 2.32. The van der Waals surface area contributed by atoms with Gasteiger partial charge in [0.05, 0.1) is 6.54 Å². The molecule has 0 bridgehead atoms. The first-order valence-corrected chi connectivity index (χ1v) is 9.31. The smallest absolute Gasteiger partial charge is 0.107 e. The molecule has 0 aromatic carbocycles. The summed E-state index contributed by atoms with van der Waals surface area (Å²) in [7, 11) is 0. The standard InChI is InChI=1S/C17H31N3S/c1-6-12(3)15-9-20(10-17-19-14(5)11-21-17)16(8-18-15)13(4)7-2/h11-13,15-16,18H,6-10H2,1-5H3. The second-order valence-electron chi connectivity index (χ2n) is 6.67. The summed E-state index contributed by atoms with van der Waals surface area (Å²) in [5, 5.41) is 7.24. The summed E-state index contributed by atoms with van der Waals surface area (Å²) in [5.41, 5.74) is 1.16. The van der Waals surface area contributed by atoms with Crippen molar-refractivity contribution >= 4 is 11.3 Å². The molecule has 4 heteroatoms. The van der Waals surface area contributed by atoms with Gasteiger partial charge in [-0.2, -0.15) is 0 Å². The van der Waals surface area contributed by atoms with Crippen LogP contribution in [0.5, 0.6) is 0 Å². The third kappa shape index (κ3) is 4.27. The van der Waals surface area contributed by atoms with Crippen LogP contribution in [-0.2, 0) is 6.54 Å². The Kier molecular flexibility index (Phi) is 6.20. The number of aromatic nitrogens is 1. The molecular weight excluding hydrogens is 278 g/mol. The zero-order valence-electron chi connectivity index (χ0n) is 14.2. The maximum Gasteiger partial charge on any atom is 0.107 e. The molecule has 120 valence electrons. The normalized spacial score (nSPS) is 26.7. The zero-order chi connectivity index (χ0) is 15.4. The van der Waals surface area contributed by atoms with Gasteiger partial charge in [0.1, 0.15) is 5.01 Å². The average molecular weight is 310 g/mol. The number of rotatable bonds is 6. The molecule has 0 saturated carbocycles.